The van der Waals surface area contributed by atoms with Gasteiger partial charge >= 0.3 is 0 Å². The first kappa shape index (κ1) is 20.0. The highest BCUT2D eigenvalue weighted by Gasteiger charge is 2.22. The number of aryl methyl sites for hydroxylation is 1. The minimum absolute atomic E-state index is 0.0481. The van der Waals surface area contributed by atoms with Crippen LogP contribution in [-0.4, -0.2) is 20.5 Å². The molecule has 0 unspecified atom stereocenters. The van der Waals surface area contributed by atoms with E-state index in [1.807, 2.05) is 34.9 Å². The van der Waals surface area contributed by atoms with Gasteiger partial charge in [0, 0.05) is 28.8 Å². The van der Waals surface area contributed by atoms with Crippen molar-refractivity contribution >= 4 is 32.6 Å². The van der Waals surface area contributed by atoms with Crippen molar-refractivity contribution in [3.05, 3.63) is 104 Å². The molecule has 0 atom stereocenters. The molecule has 0 aliphatic rings. The third kappa shape index (κ3) is 3.64. The van der Waals surface area contributed by atoms with Crippen molar-refractivity contribution in [1.29, 1.82) is 0 Å². The van der Waals surface area contributed by atoms with Crippen LogP contribution < -0.4 is 10.2 Å². The van der Waals surface area contributed by atoms with E-state index in [9.17, 15) is 14.8 Å². The van der Waals surface area contributed by atoms with Gasteiger partial charge in [-0.3, -0.25) is 14.8 Å². The third-order valence-electron chi connectivity index (χ3n) is 5.15. The molecule has 0 bridgehead atoms. The standard InChI is InChI=1S/C23H19BrN3O3/c1-14-10-16(11-27(30)15(14)2)22(28)19-13-26(12-17-6-5-9-21(24)25-17)20-8-4-3-7-18(20)23(19)29/h3-11,13,30H,12H2,1-2H3/q+1. The second-order valence-electron chi connectivity index (χ2n) is 7.14. The highest BCUT2D eigenvalue weighted by atomic mass is 79.9. The number of carbonyl (C=O) groups excluding carboxylic acids is 1. The molecule has 0 amide bonds. The van der Waals surface area contributed by atoms with E-state index >= 15 is 0 Å². The Labute approximate surface area is 181 Å². The lowest BCUT2D eigenvalue weighted by molar-refractivity contribution is -0.909. The summed E-state index contributed by atoms with van der Waals surface area (Å²) in [7, 11) is 0. The Balaban J connectivity index is 1.89. The maximum atomic E-state index is 13.2. The number of ketones is 1. The van der Waals surface area contributed by atoms with Crippen LogP contribution in [0.25, 0.3) is 10.9 Å². The Kier molecular flexibility index (Phi) is 5.22. The molecule has 0 aliphatic carbocycles. The van der Waals surface area contributed by atoms with Crippen LogP contribution >= 0.6 is 15.9 Å². The number of carbonyl (C=O) groups is 1. The number of nitrogens with zero attached hydrogens (tertiary/aromatic N) is 3. The summed E-state index contributed by atoms with van der Waals surface area (Å²) in [5.41, 5.74) is 2.85. The van der Waals surface area contributed by atoms with E-state index in [0.29, 0.717) is 22.2 Å². The molecule has 0 aliphatic heterocycles. The summed E-state index contributed by atoms with van der Waals surface area (Å²) in [4.78, 5) is 30.8. The van der Waals surface area contributed by atoms with Crippen LogP contribution in [0.2, 0.25) is 0 Å². The Hall–Kier alpha value is -3.32. The summed E-state index contributed by atoms with van der Waals surface area (Å²) in [6, 6.07) is 14.5. The lowest BCUT2D eigenvalue weighted by Gasteiger charge is -2.13. The zero-order valence-electron chi connectivity index (χ0n) is 16.5. The van der Waals surface area contributed by atoms with Crippen LogP contribution in [0.1, 0.15) is 32.9 Å². The first-order valence-electron chi connectivity index (χ1n) is 9.35. The van der Waals surface area contributed by atoms with Crippen molar-refractivity contribution in [1.82, 2.24) is 9.55 Å². The molecule has 7 heteroatoms. The monoisotopic (exact) mass is 464 g/mol. The number of rotatable bonds is 4. The fraction of sp³-hybridized carbons (Fsp3) is 0.130. The summed E-state index contributed by atoms with van der Waals surface area (Å²) in [6.45, 7) is 3.95. The van der Waals surface area contributed by atoms with Crippen molar-refractivity contribution in [2.75, 3.05) is 0 Å². The number of pyridine rings is 3. The smallest absolute Gasteiger partial charge is 0.233 e. The molecule has 1 aromatic carbocycles. The van der Waals surface area contributed by atoms with Crippen molar-refractivity contribution in [2.45, 2.75) is 20.4 Å². The Morgan fingerprint density at radius 2 is 1.93 bits per heavy atom. The van der Waals surface area contributed by atoms with E-state index in [0.717, 1.165) is 21.5 Å². The van der Waals surface area contributed by atoms with Gasteiger partial charge in [0.2, 0.25) is 23.1 Å². The molecule has 0 saturated heterocycles. The zero-order valence-corrected chi connectivity index (χ0v) is 18.0. The van der Waals surface area contributed by atoms with Crippen LogP contribution in [0.3, 0.4) is 0 Å². The van der Waals surface area contributed by atoms with Gasteiger partial charge < -0.3 is 4.57 Å². The summed E-state index contributed by atoms with van der Waals surface area (Å²) in [5, 5.41) is 10.5. The topological polar surface area (TPSA) is 76.1 Å². The summed E-state index contributed by atoms with van der Waals surface area (Å²) in [6.07, 6.45) is 2.91. The van der Waals surface area contributed by atoms with Gasteiger partial charge in [-0.05, 0) is 53.2 Å². The molecular formula is C23H19BrN3O3+. The van der Waals surface area contributed by atoms with Gasteiger partial charge in [0.15, 0.2) is 0 Å². The van der Waals surface area contributed by atoms with E-state index in [1.54, 1.807) is 38.2 Å². The maximum absolute atomic E-state index is 13.2. The molecule has 0 spiro atoms. The fourth-order valence-electron chi connectivity index (χ4n) is 3.41. The number of para-hydroxylation sites is 1. The molecule has 6 nitrogen and oxygen atoms in total. The predicted octanol–water partition coefficient (Wildman–Crippen LogP) is 3.58. The fourth-order valence-corrected chi connectivity index (χ4v) is 3.79. The minimum Gasteiger partial charge on any atom is -0.340 e. The second-order valence-corrected chi connectivity index (χ2v) is 7.95. The molecule has 1 N–H and O–H groups in total. The van der Waals surface area contributed by atoms with E-state index in [2.05, 4.69) is 20.9 Å². The molecular weight excluding hydrogens is 446 g/mol. The average molecular weight is 465 g/mol. The number of halogens is 1. The Morgan fingerprint density at radius 3 is 2.67 bits per heavy atom. The van der Waals surface area contributed by atoms with Gasteiger partial charge in [-0.15, -0.1) is 0 Å². The minimum atomic E-state index is -0.437. The first-order chi connectivity index (χ1) is 14.3. The van der Waals surface area contributed by atoms with E-state index in [4.69, 9.17) is 0 Å². The van der Waals surface area contributed by atoms with Gasteiger partial charge in [0.1, 0.15) is 4.60 Å². The summed E-state index contributed by atoms with van der Waals surface area (Å²) >= 11 is 3.37. The van der Waals surface area contributed by atoms with Crippen LogP contribution in [0, 0.1) is 13.8 Å². The van der Waals surface area contributed by atoms with Gasteiger partial charge in [0.05, 0.1) is 28.9 Å². The zero-order chi connectivity index (χ0) is 21.4. The van der Waals surface area contributed by atoms with Crippen molar-refractivity contribution in [2.24, 2.45) is 0 Å². The van der Waals surface area contributed by atoms with Gasteiger partial charge in [-0.25, -0.2) is 4.98 Å². The SMILES string of the molecule is Cc1cc(C(=O)c2cn(Cc3cccc(Br)n3)c3ccccc3c2=O)c[n+](O)c1C. The van der Waals surface area contributed by atoms with Crippen molar-refractivity contribution < 1.29 is 14.7 Å². The molecule has 0 fully saturated rings. The lowest BCUT2D eigenvalue weighted by Crippen LogP contribution is -2.35. The van der Waals surface area contributed by atoms with Crippen LogP contribution in [-0.2, 0) is 6.54 Å². The van der Waals surface area contributed by atoms with Gasteiger partial charge in [-0.1, -0.05) is 18.2 Å². The Bertz CT molecular complexity index is 1340. The van der Waals surface area contributed by atoms with E-state index in [-0.39, 0.29) is 16.6 Å². The number of fused-ring (bicyclic) bond motifs is 1. The molecule has 4 rings (SSSR count). The summed E-state index contributed by atoms with van der Waals surface area (Å²) < 4.78 is 3.48. The molecule has 4 aromatic rings. The normalized spacial score (nSPS) is 11.0. The van der Waals surface area contributed by atoms with Gasteiger partial charge in [-0.2, -0.15) is 0 Å². The number of hydrogen-bond acceptors (Lipinski definition) is 4. The van der Waals surface area contributed by atoms with Crippen molar-refractivity contribution in [3.8, 4) is 0 Å². The average Bonchev–Trinajstić information content (AvgIpc) is 2.73. The lowest BCUT2D eigenvalue weighted by atomic mass is 10.0. The number of benzene rings is 1. The molecule has 30 heavy (non-hydrogen) atoms. The predicted molar refractivity (Wildman–Crippen MR) is 116 cm³/mol. The largest absolute Gasteiger partial charge is 0.340 e. The highest BCUT2D eigenvalue weighted by molar-refractivity contribution is 9.10. The molecule has 3 heterocycles. The third-order valence-corrected chi connectivity index (χ3v) is 5.59. The molecule has 0 radical (unpaired) electrons. The number of aromatic nitrogens is 3. The van der Waals surface area contributed by atoms with Gasteiger partial charge in [0.25, 0.3) is 0 Å². The maximum Gasteiger partial charge on any atom is 0.233 e. The van der Waals surface area contributed by atoms with Crippen molar-refractivity contribution in [3.63, 3.8) is 0 Å². The quantitative estimate of drug-likeness (QED) is 0.216. The molecule has 3 aromatic heterocycles. The highest BCUT2D eigenvalue weighted by Crippen LogP contribution is 2.17. The van der Waals surface area contributed by atoms with Crippen LogP contribution in [0.5, 0.6) is 0 Å². The van der Waals surface area contributed by atoms with Crippen LogP contribution in [0.4, 0.5) is 0 Å². The number of hydrogen-bond donors (Lipinski definition) is 1. The molecule has 0 saturated carbocycles. The van der Waals surface area contributed by atoms with Crippen LogP contribution in [0.15, 0.2) is 70.3 Å². The Morgan fingerprint density at radius 1 is 1.17 bits per heavy atom. The van der Waals surface area contributed by atoms with E-state index < -0.39 is 5.78 Å². The van der Waals surface area contributed by atoms with E-state index in [1.165, 1.54) is 6.20 Å². The first-order valence-corrected chi connectivity index (χ1v) is 10.1. The second kappa shape index (κ2) is 7.84. The molecule has 150 valence electrons. The summed E-state index contributed by atoms with van der Waals surface area (Å²) in [5.74, 6) is -0.437.